The van der Waals surface area contributed by atoms with Gasteiger partial charge in [-0.3, -0.25) is 0 Å². The van der Waals surface area contributed by atoms with Gasteiger partial charge in [0.05, 0.1) is 14.2 Å². The molecule has 0 N–H and O–H groups in total. The van der Waals surface area contributed by atoms with E-state index in [-0.39, 0.29) is 5.76 Å². The second-order valence-corrected chi connectivity index (χ2v) is 4.96. The van der Waals surface area contributed by atoms with E-state index in [0.717, 1.165) is 5.56 Å². The molecule has 1 aromatic carbocycles. The highest BCUT2D eigenvalue weighted by atomic mass is 16.6. The number of carbonyl (C=O) groups excluding carboxylic acids is 1. The molecule has 0 spiro atoms. The minimum atomic E-state index is -0.555. The van der Waals surface area contributed by atoms with Gasteiger partial charge in [0.1, 0.15) is 12.0 Å². The molecule has 0 radical (unpaired) electrons. The van der Waals surface area contributed by atoms with Crippen LogP contribution in [0.15, 0.2) is 30.2 Å². The first-order chi connectivity index (χ1) is 9.65. The molecule has 1 aliphatic carbocycles. The quantitative estimate of drug-likeness (QED) is 0.470. The minimum Gasteiger partial charge on any atom is -0.500 e. The van der Waals surface area contributed by atoms with Gasteiger partial charge in [0, 0.05) is 0 Å². The third-order valence-electron chi connectivity index (χ3n) is 3.62. The second-order valence-electron chi connectivity index (χ2n) is 4.96. The Morgan fingerprint density at radius 2 is 2.05 bits per heavy atom. The number of ether oxygens (including phenoxy) is 3. The zero-order valence-corrected chi connectivity index (χ0v) is 12.1. The van der Waals surface area contributed by atoms with E-state index in [1.54, 1.807) is 0 Å². The van der Waals surface area contributed by atoms with Crippen LogP contribution in [0.25, 0.3) is 0 Å². The lowest BCUT2D eigenvalue weighted by molar-refractivity contribution is -0.138. The number of rotatable bonds is 5. The molecule has 0 aromatic heterocycles. The van der Waals surface area contributed by atoms with Crippen molar-refractivity contribution in [3.05, 3.63) is 41.3 Å². The summed E-state index contributed by atoms with van der Waals surface area (Å²) < 4.78 is 15.2. The van der Waals surface area contributed by atoms with E-state index in [4.69, 9.17) is 9.47 Å². The third-order valence-corrected chi connectivity index (χ3v) is 3.62. The van der Waals surface area contributed by atoms with Gasteiger partial charge in [-0.2, -0.15) is 0 Å². The molecule has 1 saturated carbocycles. The van der Waals surface area contributed by atoms with Crippen LogP contribution in [0.4, 0.5) is 0 Å². The predicted molar refractivity (Wildman–Crippen MR) is 75.5 cm³/mol. The average Bonchev–Trinajstić information content (AvgIpc) is 2.39. The maximum absolute atomic E-state index is 11.6. The second kappa shape index (κ2) is 6.46. The van der Waals surface area contributed by atoms with Crippen molar-refractivity contribution >= 4 is 5.97 Å². The highest BCUT2D eigenvalue weighted by Gasteiger charge is 2.21. The maximum Gasteiger partial charge on any atom is 0.377 e. The number of esters is 1. The van der Waals surface area contributed by atoms with Crippen LogP contribution < -0.4 is 4.74 Å². The Hall–Kier alpha value is -1.97. The number of aryl methyl sites for hydroxylation is 1. The van der Waals surface area contributed by atoms with E-state index in [9.17, 15) is 4.79 Å². The van der Waals surface area contributed by atoms with Crippen LogP contribution in [-0.2, 0) is 14.3 Å². The third kappa shape index (κ3) is 3.13. The Kier molecular flexibility index (Phi) is 4.66. The van der Waals surface area contributed by atoms with Crippen molar-refractivity contribution in [1.82, 2.24) is 0 Å². The number of hydrogen-bond acceptors (Lipinski definition) is 4. The van der Waals surface area contributed by atoms with Crippen LogP contribution in [0.5, 0.6) is 5.75 Å². The largest absolute Gasteiger partial charge is 0.500 e. The topological polar surface area (TPSA) is 44.8 Å². The first-order valence-corrected chi connectivity index (χ1v) is 6.75. The van der Waals surface area contributed by atoms with E-state index in [0.29, 0.717) is 11.7 Å². The zero-order chi connectivity index (χ0) is 14.5. The molecule has 20 heavy (non-hydrogen) atoms. The van der Waals surface area contributed by atoms with Crippen LogP contribution >= 0.6 is 0 Å². The Balaban J connectivity index is 2.22. The molecular formula is C16H20O4. The van der Waals surface area contributed by atoms with E-state index in [1.807, 2.05) is 19.1 Å². The Morgan fingerprint density at radius 1 is 1.30 bits per heavy atom. The molecule has 0 atom stereocenters. The Bertz CT molecular complexity index is 515. The molecule has 108 valence electrons. The van der Waals surface area contributed by atoms with Crippen molar-refractivity contribution in [3.63, 3.8) is 0 Å². The van der Waals surface area contributed by atoms with E-state index in [1.165, 1.54) is 45.3 Å². The predicted octanol–water partition coefficient (Wildman–Crippen LogP) is 3.30. The van der Waals surface area contributed by atoms with Crippen LogP contribution in [0.3, 0.4) is 0 Å². The normalized spacial score (nSPS) is 15.4. The standard InChI is InChI=1S/C16H20O4/c1-11-7-8-13(12-5-4-6-12)9-14(11)20-15(10-18-2)16(17)19-3/h7-10,12H,4-6H2,1-3H3/b15-10-. The molecule has 1 aromatic rings. The molecule has 1 fully saturated rings. The lowest BCUT2D eigenvalue weighted by Gasteiger charge is -2.26. The minimum absolute atomic E-state index is 0.0452. The number of hydrogen-bond donors (Lipinski definition) is 0. The lowest BCUT2D eigenvalue weighted by atomic mass is 9.80. The van der Waals surface area contributed by atoms with Gasteiger partial charge in [-0.25, -0.2) is 4.79 Å². The summed E-state index contributed by atoms with van der Waals surface area (Å²) in [6, 6.07) is 6.15. The first kappa shape index (κ1) is 14.4. The molecule has 4 nitrogen and oxygen atoms in total. The zero-order valence-electron chi connectivity index (χ0n) is 12.1. The first-order valence-electron chi connectivity index (χ1n) is 6.75. The van der Waals surface area contributed by atoms with Gasteiger partial charge in [0.25, 0.3) is 0 Å². The van der Waals surface area contributed by atoms with Gasteiger partial charge in [0.15, 0.2) is 0 Å². The maximum atomic E-state index is 11.6. The molecular weight excluding hydrogens is 256 g/mol. The van der Waals surface area contributed by atoms with Crippen molar-refractivity contribution in [3.8, 4) is 5.75 Å². The van der Waals surface area contributed by atoms with Crippen LogP contribution in [0.2, 0.25) is 0 Å². The summed E-state index contributed by atoms with van der Waals surface area (Å²) in [6.07, 6.45) is 4.98. The molecule has 0 saturated heterocycles. The van der Waals surface area contributed by atoms with Crippen molar-refractivity contribution < 1.29 is 19.0 Å². The molecule has 4 heteroatoms. The van der Waals surface area contributed by atoms with Gasteiger partial charge < -0.3 is 14.2 Å². The molecule has 0 amide bonds. The van der Waals surface area contributed by atoms with Crippen molar-refractivity contribution in [2.45, 2.75) is 32.1 Å². The molecule has 0 aliphatic heterocycles. The Morgan fingerprint density at radius 3 is 2.60 bits per heavy atom. The fourth-order valence-electron chi connectivity index (χ4n) is 2.16. The highest BCUT2D eigenvalue weighted by Crippen LogP contribution is 2.38. The fraction of sp³-hybridized carbons (Fsp3) is 0.438. The number of benzene rings is 1. The summed E-state index contributed by atoms with van der Waals surface area (Å²) in [5.41, 5.74) is 2.23. The molecule has 2 rings (SSSR count). The summed E-state index contributed by atoms with van der Waals surface area (Å²) in [5.74, 6) is 0.776. The van der Waals surface area contributed by atoms with Gasteiger partial charge >= 0.3 is 5.97 Å². The molecule has 1 aliphatic rings. The van der Waals surface area contributed by atoms with E-state index in [2.05, 4.69) is 10.8 Å². The summed E-state index contributed by atoms with van der Waals surface area (Å²) in [7, 11) is 2.77. The monoisotopic (exact) mass is 276 g/mol. The smallest absolute Gasteiger partial charge is 0.377 e. The summed E-state index contributed by atoms with van der Waals surface area (Å²) in [5, 5.41) is 0. The van der Waals surface area contributed by atoms with Gasteiger partial charge in [0.2, 0.25) is 5.76 Å². The van der Waals surface area contributed by atoms with Crippen molar-refractivity contribution in [2.24, 2.45) is 0 Å². The summed E-state index contributed by atoms with van der Waals surface area (Å²) in [4.78, 5) is 11.6. The fourth-order valence-corrected chi connectivity index (χ4v) is 2.16. The average molecular weight is 276 g/mol. The van der Waals surface area contributed by atoms with Gasteiger partial charge in [-0.05, 0) is 42.9 Å². The van der Waals surface area contributed by atoms with Gasteiger partial charge in [-0.15, -0.1) is 0 Å². The molecule has 0 unspecified atom stereocenters. The Labute approximate surface area is 119 Å². The van der Waals surface area contributed by atoms with E-state index >= 15 is 0 Å². The molecule has 0 heterocycles. The number of carbonyl (C=O) groups is 1. The highest BCUT2D eigenvalue weighted by molar-refractivity contribution is 5.86. The van der Waals surface area contributed by atoms with E-state index < -0.39 is 5.97 Å². The van der Waals surface area contributed by atoms with Crippen LogP contribution in [0.1, 0.15) is 36.3 Å². The number of methoxy groups -OCH3 is 2. The summed E-state index contributed by atoms with van der Waals surface area (Å²) in [6.45, 7) is 1.95. The van der Waals surface area contributed by atoms with Crippen LogP contribution in [-0.4, -0.2) is 20.2 Å². The van der Waals surface area contributed by atoms with Crippen molar-refractivity contribution in [2.75, 3.05) is 14.2 Å². The van der Waals surface area contributed by atoms with Gasteiger partial charge in [-0.1, -0.05) is 18.6 Å². The van der Waals surface area contributed by atoms with Crippen molar-refractivity contribution in [1.29, 1.82) is 0 Å². The summed E-state index contributed by atoms with van der Waals surface area (Å²) >= 11 is 0. The lowest BCUT2D eigenvalue weighted by Crippen LogP contribution is -2.13. The molecule has 0 bridgehead atoms. The SMILES string of the molecule is CO/C=C(\Oc1cc(C2CCC2)ccc1C)C(=O)OC. The van der Waals surface area contributed by atoms with Crippen LogP contribution in [0, 0.1) is 6.92 Å².